The molecule has 0 aromatic carbocycles. The van der Waals surface area contributed by atoms with Gasteiger partial charge >= 0.3 is 0 Å². The first-order valence-corrected chi connectivity index (χ1v) is 7.22. The summed E-state index contributed by atoms with van der Waals surface area (Å²) in [4.78, 5) is 2.65. The van der Waals surface area contributed by atoms with Crippen molar-refractivity contribution in [1.82, 2.24) is 4.90 Å². The average molecular weight is 218 g/mol. The smallest absolute Gasteiger partial charge is 0.0515 e. The molecule has 2 saturated heterocycles. The minimum absolute atomic E-state index is 0.366. The topological polar surface area (TPSA) is 29.3 Å². The van der Waals surface area contributed by atoms with Crippen LogP contribution in [0.25, 0.3) is 0 Å². The summed E-state index contributed by atoms with van der Waals surface area (Å²) < 4.78 is 0. The van der Waals surface area contributed by atoms with Crippen LogP contribution < -0.4 is 5.73 Å². The second kappa shape index (κ2) is 4.01. The molecule has 2 N–H and O–H groups in total. The fourth-order valence-corrected chi connectivity index (χ4v) is 4.43. The lowest BCUT2D eigenvalue weighted by Crippen LogP contribution is -2.66. The van der Waals surface area contributed by atoms with Crippen molar-refractivity contribution in [2.75, 3.05) is 36.1 Å². The zero-order chi connectivity index (χ0) is 9.31. The molecule has 2 aliphatic rings. The van der Waals surface area contributed by atoms with Crippen molar-refractivity contribution < 1.29 is 0 Å². The molecule has 0 aromatic rings. The van der Waals surface area contributed by atoms with Gasteiger partial charge in [0.2, 0.25) is 0 Å². The van der Waals surface area contributed by atoms with Crippen molar-refractivity contribution in [3.63, 3.8) is 0 Å². The highest BCUT2D eigenvalue weighted by Gasteiger charge is 2.44. The van der Waals surface area contributed by atoms with Crippen molar-refractivity contribution in [3.8, 4) is 0 Å². The zero-order valence-corrected chi connectivity index (χ0v) is 9.79. The molecule has 2 aliphatic heterocycles. The molecule has 76 valence electrons. The molecule has 0 aromatic heterocycles. The molecule has 2 nitrogen and oxygen atoms in total. The van der Waals surface area contributed by atoms with E-state index in [1.807, 2.05) is 11.8 Å². The van der Waals surface area contributed by atoms with Crippen molar-refractivity contribution >= 4 is 23.5 Å². The Hall–Kier alpha value is 0.620. The van der Waals surface area contributed by atoms with Crippen LogP contribution in [0.15, 0.2) is 0 Å². The van der Waals surface area contributed by atoms with Crippen molar-refractivity contribution in [2.24, 2.45) is 5.73 Å². The normalized spacial score (nSPS) is 34.2. The molecule has 2 fully saturated rings. The number of hydrogen-bond donors (Lipinski definition) is 1. The molecule has 0 saturated carbocycles. The highest BCUT2D eigenvalue weighted by molar-refractivity contribution is 8.00. The first-order valence-electron chi connectivity index (χ1n) is 4.91. The highest BCUT2D eigenvalue weighted by Crippen LogP contribution is 2.37. The van der Waals surface area contributed by atoms with Crippen LogP contribution in [0.1, 0.15) is 6.92 Å². The van der Waals surface area contributed by atoms with E-state index in [4.69, 9.17) is 5.73 Å². The fraction of sp³-hybridized carbons (Fsp3) is 1.00. The summed E-state index contributed by atoms with van der Waals surface area (Å²) in [5, 5.41) is 0. The average Bonchev–Trinajstić information content (AvgIpc) is 2.07. The first kappa shape index (κ1) is 10.1. The highest BCUT2D eigenvalue weighted by atomic mass is 32.2. The van der Waals surface area contributed by atoms with E-state index in [0.29, 0.717) is 5.54 Å². The summed E-state index contributed by atoms with van der Waals surface area (Å²) in [7, 11) is 0. The molecular formula is C9H18N2S2. The second-order valence-electron chi connectivity index (χ2n) is 4.04. The maximum Gasteiger partial charge on any atom is 0.0515 e. The van der Waals surface area contributed by atoms with E-state index in [9.17, 15) is 0 Å². The minimum Gasteiger partial charge on any atom is -0.329 e. The third-order valence-corrected chi connectivity index (χ3v) is 5.77. The molecule has 0 spiro atoms. The number of rotatable bonds is 2. The molecule has 0 radical (unpaired) electrons. The largest absolute Gasteiger partial charge is 0.329 e. The predicted octanol–water partition coefficient (Wildman–Crippen LogP) is 0.868. The summed E-state index contributed by atoms with van der Waals surface area (Å²) >= 11 is 4.11. The lowest BCUT2D eigenvalue weighted by atomic mass is 9.99. The maximum atomic E-state index is 5.90. The van der Waals surface area contributed by atoms with Gasteiger partial charge in [-0.25, -0.2) is 0 Å². The number of thioether (sulfide) groups is 2. The van der Waals surface area contributed by atoms with Crippen LogP contribution in [0, 0.1) is 0 Å². The van der Waals surface area contributed by atoms with Gasteiger partial charge in [-0.3, -0.25) is 4.90 Å². The predicted molar refractivity (Wildman–Crippen MR) is 62.6 cm³/mol. The van der Waals surface area contributed by atoms with Crippen molar-refractivity contribution in [3.05, 3.63) is 0 Å². The Balaban J connectivity index is 2.03. The van der Waals surface area contributed by atoms with Crippen molar-refractivity contribution in [1.29, 1.82) is 0 Å². The van der Waals surface area contributed by atoms with Gasteiger partial charge in [0, 0.05) is 42.1 Å². The molecule has 2 rings (SSSR count). The van der Waals surface area contributed by atoms with E-state index < -0.39 is 0 Å². The van der Waals surface area contributed by atoms with Crippen LogP contribution in [0.4, 0.5) is 0 Å². The van der Waals surface area contributed by atoms with Crippen LogP contribution in [0.3, 0.4) is 0 Å². The zero-order valence-electron chi connectivity index (χ0n) is 8.16. The minimum atomic E-state index is 0.366. The standard InChI is InChI=1S/C9H18N2S2/c1-8-4-12-3-2-11(8)9(5-10)6-13-7-9/h8H,2-7,10H2,1H3. The van der Waals surface area contributed by atoms with Gasteiger partial charge in [-0.15, -0.1) is 0 Å². The fourth-order valence-electron chi connectivity index (χ4n) is 2.17. The van der Waals surface area contributed by atoms with Gasteiger partial charge in [0.05, 0.1) is 5.54 Å². The van der Waals surface area contributed by atoms with Gasteiger partial charge in [-0.2, -0.15) is 23.5 Å². The Labute approximate surface area is 89.0 Å². The number of nitrogens with two attached hydrogens (primary N) is 1. The Morgan fingerprint density at radius 3 is 2.69 bits per heavy atom. The molecule has 4 heteroatoms. The van der Waals surface area contributed by atoms with E-state index in [1.165, 1.54) is 29.6 Å². The van der Waals surface area contributed by atoms with Gasteiger partial charge in [-0.1, -0.05) is 0 Å². The molecule has 13 heavy (non-hydrogen) atoms. The van der Waals surface area contributed by atoms with Gasteiger partial charge < -0.3 is 5.73 Å². The SMILES string of the molecule is CC1CSCCN1C1(CN)CSC1. The summed E-state index contributed by atoms with van der Waals surface area (Å²) in [5.74, 6) is 5.07. The lowest BCUT2D eigenvalue weighted by molar-refractivity contribution is 0.0961. The quantitative estimate of drug-likeness (QED) is 0.745. The second-order valence-corrected chi connectivity index (χ2v) is 6.17. The molecule has 0 bridgehead atoms. The summed E-state index contributed by atoms with van der Waals surface area (Å²) in [6.07, 6.45) is 0. The van der Waals surface area contributed by atoms with Crippen LogP contribution in [-0.4, -0.2) is 52.6 Å². The van der Waals surface area contributed by atoms with E-state index >= 15 is 0 Å². The monoisotopic (exact) mass is 218 g/mol. The number of hydrogen-bond acceptors (Lipinski definition) is 4. The van der Waals surface area contributed by atoms with Crippen LogP contribution in [0.2, 0.25) is 0 Å². The Kier molecular flexibility index (Phi) is 3.13. The molecule has 2 heterocycles. The Morgan fingerprint density at radius 2 is 2.23 bits per heavy atom. The molecule has 1 unspecified atom stereocenters. The maximum absolute atomic E-state index is 5.90. The van der Waals surface area contributed by atoms with E-state index in [1.54, 1.807) is 0 Å². The third kappa shape index (κ3) is 1.74. The summed E-state index contributed by atoms with van der Waals surface area (Å²) in [6, 6.07) is 0.725. The summed E-state index contributed by atoms with van der Waals surface area (Å²) in [5.41, 5.74) is 6.27. The van der Waals surface area contributed by atoms with Gasteiger partial charge in [0.15, 0.2) is 0 Å². The van der Waals surface area contributed by atoms with Crippen LogP contribution >= 0.6 is 23.5 Å². The molecular weight excluding hydrogens is 200 g/mol. The number of nitrogens with zero attached hydrogens (tertiary/aromatic N) is 1. The molecule has 0 amide bonds. The van der Waals surface area contributed by atoms with Crippen LogP contribution in [-0.2, 0) is 0 Å². The van der Waals surface area contributed by atoms with Crippen LogP contribution in [0.5, 0.6) is 0 Å². The molecule has 1 atom stereocenters. The van der Waals surface area contributed by atoms with E-state index in [0.717, 1.165) is 12.6 Å². The van der Waals surface area contributed by atoms with E-state index in [2.05, 4.69) is 23.6 Å². The van der Waals surface area contributed by atoms with Gasteiger partial charge in [0.1, 0.15) is 0 Å². The Bertz CT molecular complexity index is 177. The lowest BCUT2D eigenvalue weighted by Gasteiger charge is -2.53. The summed E-state index contributed by atoms with van der Waals surface area (Å²) in [6.45, 7) is 4.42. The van der Waals surface area contributed by atoms with Crippen molar-refractivity contribution in [2.45, 2.75) is 18.5 Å². The molecule has 0 aliphatic carbocycles. The third-order valence-electron chi connectivity index (χ3n) is 3.10. The van der Waals surface area contributed by atoms with Gasteiger partial charge in [0.25, 0.3) is 0 Å². The van der Waals surface area contributed by atoms with E-state index in [-0.39, 0.29) is 0 Å². The first-order chi connectivity index (χ1) is 6.28. The van der Waals surface area contributed by atoms with Gasteiger partial charge in [-0.05, 0) is 6.92 Å². The Morgan fingerprint density at radius 1 is 1.46 bits per heavy atom.